The molecule has 1 N–H and O–H groups in total. The average molecular weight is 413 g/mol. The van der Waals surface area contributed by atoms with Crippen LogP contribution in [0.5, 0.6) is 0 Å². The maximum absolute atomic E-state index is 4.96. The monoisotopic (exact) mass is 412 g/mol. The molecule has 0 saturated carbocycles. The summed E-state index contributed by atoms with van der Waals surface area (Å²) in [6, 6.07) is 14.8. The minimum absolute atomic E-state index is 0.891. The fraction of sp³-hybridized carbons (Fsp3) is 0.320. The summed E-state index contributed by atoms with van der Waals surface area (Å²) in [7, 11) is 0. The highest BCUT2D eigenvalue weighted by Gasteiger charge is 2.21. The van der Waals surface area contributed by atoms with Gasteiger partial charge in [-0.05, 0) is 49.2 Å². The predicted molar refractivity (Wildman–Crippen MR) is 126 cm³/mol. The van der Waals surface area contributed by atoms with E-state index in [1.807, 2.05) is 30.6 Å². The van der Waals surface area contributed by atoms with Gasteiger partial charge in [-0.25, -0.2) is 0 Å². The van der Waals surface area contributed by atoms with E-state index in [9.17, 15) is 0 Å². The Morgan fingerprint density at radius 1 is 1.00 bits per heavy atom. The highest BCUT2D eigenvalue weighted by Crippen LogP contribution is 2.37. The van der Waals surface area contributed by atoms with E-state index in [1.165, 1.54) is 11.4 Å². The Balaban J connectivity index is 1.66. The molecule has 0 amide bonds. The number of hydrogen-bond donors (Lipinski definition) is 1. The maximum atomic E-state index is 4.96. The van der Waals surface area contributed by atoms with Crippen LogP contribution in [0.1, 0.15) is 19.0 Å². The lowest BCUT2D eigenvalue weighted by Gasteiger charge is -2.29. The van der Waals surface area contributed by atoms with Crippen molar-refractivity contribution in [1.82, 2.24) is 25.1 Å². The van der Waals surface area contributed by atoms with Crippen LogP contribution in [0.25, 0.3) is 33.4 Å². The van der Waals surface area contributed by atoms with Crippen LogP contribution in [-0.2, 0) is 6.54 Å². The fourth-order valence-corrected chi connectivity index (χ4v) is 4.45. The molecule has 31 heavy (non-hydrogen) atoms. The zero-order chi connectivity index (χ0) is 21.2. The van der Waals surface area contributed by atoms with Gasteiger partial charge in [0, 0.05) is 67.4 Å². The van der Waals surface area contributed by atoms with E-state index < -0.39 is 0 Å². The molecular weight excluding hydrogens is 384 g/mol. The first-order valence-corrected chi connectivity index (χ1v) is 11.1. The summed E-state index contributed by atoms with van der Waals surface area (Å²) in [5.74, 6) is 0. The topological polar surface area (TPSA) is 58.9 Å². The number of nitrogens with one attached hydrogen (secondary N) is 1. The summed E-state index contributed by atoms with van der Waals surface area (Å²) in [6.07, 6.45) is 4.78. The summed E-state index contributed by atoms with van der Waals surface area (Å²) in [5, 5.41) is 9.53. The second-order valence-electron chi connectivity index (χ2n) is 8.04. The number of pyridine rings is 2. The van der Waals surface area contributed by atoms with Crippen LogP contribution < -0.4 is 10.2 Å². The van der Waals surface area contributed by atoms with E-state index in [4.69, 9.17) is 10.1 Å². The first-order valence-electron chi connectivity index (χ1n) is 11.1. The van der Waals surface area contributed by atoms with E-state index >= 15 is 0 Å². The van der Waals surface area contributed by atoms with Crippen LogP contribution in [0.3, 0.4) is 0 Å². The minimum Gasteiger partial charge on any atom is -0.369 e. The molecule has 1 saturated heterocycles. The maximum Gasteiger partial charge on any atom is 0.119 e. The second-order valence-corrected chi connectivity index (χ2v) is 8.04. The van der Waals surface area contributed by atoms with Gasteiger partial charge in [-0.1, -0.05) is 19.1 Å². The number of nitrogens with zero attached hydrogens (tertiary/aromatic N) is 5. The van der Waals surface area contributed by atoms with E-state index in [0.29, 0.717) is 0 Å². The lowest BCUT2D eigenvalue weighted by Crippen LogP contribution is -2.43. The summed E-state index contributed by atoms with van der Waals surface area (Å²) in [4.78, 5) is 11.7. The Morgan fingerprint density at radius 2 is 1.87 bits per heavy atom. The Bertz CT molecular complexity index is 1190. The van der Waals surface area contributed by atoms with Gasteiger partial charge in [-0.3, -0.25) is 14.6 Å². The van der Waals surface area contributed by atoms with Gasteiger partial charge in [0.05, 0.1) is 11.2 Å². The van der Waals surface area contributed by atoms with E-state index in [-0.39, 0.29) is 0 Å². The molecule has 4 heterocycles. The SMILES string of the molecule is CCCn1nc(-c2ccccn2)c(-c2ccnc3cc(N4CCNCC4)ccc23)c1C. The standard InChI is InChI=1S/C25H28N6/c1-3-14-31-18(2)24(25(29-31)22-6-4-5-10-27-22)21-9-11-28-23-17-19(7-8-20(21)23)30-15-12-26-13-16-30/h4-11,17,26H,3,12-16H2,1-2H3. The van der Waals surface area contributed by atoms with E-state index in [1.54, 1.807) is 0 Å². The number of fused-ring (bicyclic) bond motifs is 1. The summed E-state index contributed by atoms with van der Waals surface area (Å²) >= 11 is 0. The van der Waals surface area contributed by atoms with Crippen molar-refractivity contribution in [2.75, 3.05) is 31.1 Å². The Kier molecular flexibility index (Phi) is 5.38. The number of aromatic nitrogens is 4. The Labute approximate surface area is 182 Å². The molecule has 1 aliphatic heterocycles. The van der Waals surface area contributed by atoms with Crippen LogP contribution >= 0.6 is 0 Å². The van der Waals surface area contributed by atoms with E-state index in [0.717, 1.165) is 72.6 Å². The molecule has 5 rings (SSSR count). The summed E-state index contributed by atoms with van der Waals surface area (Å²) < 4.78 is 2.11. The molecule has 0 bridgehead atoms. The van der Waals surface area contributed by atoms with Crippen molar-refractivity contribution in [3.05, 3.63) is 60.6 Å². The normalized spacial score (nSPS) is 14.3. The van der Waals surface area contributed by atoms with Crippen LogP contribution in [0.2, 0.25) is 0 Å². The van der Waals surface area contributed by atoms with Crippen molar-refractivity contribution < 1.29 is 0 Å². The summed E-state index contributed by atoms with van der Waals surface area (Å²) in [6.45, 7) is 9.33. The third-order valence-electron chi connectivity index (χ3n) is 6.03. The number of hydrogen-bond acceptors (Lipinski definition) is 5. The van der Waals surface area contributed by atoms with Gasteiger partial charge in [0.25, 0.3) is 0 Å². The molecule has 4 aromatic rings. The van der Waals surface area contributed by atoms with Gasteiger partial charge in [0.15, 0.2) is 0 Å². The highest BCUT2D eigenvalue weighted by atomic mass is 15.3. The summed E-state index contributed by atoms with van der Waals surface area (Å²) in [5.41, 5.74) is 7.57. The number of rotatable bonds is 5. The van der Waals surface area contributed by atoms with Gasteiger partial charge in [0.1, 0.15) is 5.69 Å². The van der Waals surface area contributed by atoms with Crippen molar-refractivity contribution in [3.8, 4) is 22.5 Å². The Hall–Kier alpha value is -3.25. The third kappa shape index (κ3) is 3.68. The predicted octanol–water partition coefficient (Wildman–Crippen LogP) is 4.29. The van der Waals surface area contributed by atoms with Gasteiger partial charge < -0.3 is 10.2 Å². The van der Waals surface area contributed by atoms with Crippen molar-refractivity contribution >= 4 is 16.6 Å². The molecule has 0 unspecified atom stereocenters. The molecule has 0 spiro atoms. The number of aryl methyl sites for hydroxylation is 1. The molecule has 1 fully saturated rings. The lowest BCUT2D eigenvalue weighted by molar-refractivity contribution is 0.589. The molecular formula is C25H28N6. The molecule has 0 atom stereocenters. The number of benzene rings is 1. The van der Waals surface area contributed by atoms with Crippen LogP contribution in [0, 0.1) is 6.92 Å². The van der Waals surface area contributed by atoms with Crippen molar-refractivity contribution in [1.29, 1.82) is 0 Å². The van der Waals surface area contributed by atoms with Crippen LogP contribution in [-0.4, -0.2) is 45.9 Å². The van der Waals surface area contributed by atoms with E-state index in [2.05, 4.69) is 58.0 Å². The number of piperazine rings is 1. The van der Waals surface area contributed by atoms with Crippen molar-refractivity contribution in [2.24, 2.45) is 0 Å². The van der Waals surface area contributed by atoms with Gasteiger partial charge in [0.2, 0.25) is 0 Å². The lowest BCUT2D eigenvalue weighted by atomic mass is 9.97. The quantitative estimate of drug-likeness (QED) is 0.530. The highest BCUT2D eigenvalue weighted by molar-refractivity contribution is 5.99. The smallest absolute Gasteiger partial charge is 0.119 e. The minimum atomic E-state index is 0.891. The zero-order valence-electron chi connectivity index (χ0n) is 18.2. The zero-order valence-corrected chi connectivity index (χ0v) is 18.2. The molecule has 0 radical (unpaired) electrons. The second kappa shape index (κ2) is 8.47. The van der Waals surface area contributed by atoms with Crippen molar-refractivity contribution in [3.63, 3.8) is 0 Å². The molecule has 6 heteroatoms. The third-order valence-corrected chi connectivity index (χ3v) is 6.03. The van der Waals surface area contributed by atoms with Crippen LogP contribution in [0.4, 0.5) is 5.69 Å². The molecule has 3 aromatic heterocycles. The molecule has 0 aliphatic carbocycles. The molecule has 1 aromatic carbocycles. The fourth-order valence-electron chi connectivity index (χ4n) is 4.45. The van der Waals surface area contributed by atoms with Crippen LogP contribution in [0.15, 0.2) is 54.9 Å². The average Bonchev–Trinajstić information content (AvgIpc) is 3.15. The van der Waals surface area contributed by atoms with Gasteiger partial charge in [-0.15, -0.1) is 0 Å². The molecule has 1 aliphatic rings. The molecule has 158 valence electrons. The van der Waals surface area contributed by atoms with Crippen molar-refractivity contribution in [2.45, 2.75) is 26.8 Å². The van der Waals surface area contributed by atoms with Gasteiger partial charge >= 0.3 is 0 Å². The Morgan fingerprint density at radius 3 is 2.65 bits per heavy atom. The largest absolute Gasteiger partial charge is 0.369 e. The first-order chi connectivity index (χ1) is 15.3. The number of anilines is 1. The first kappa shape index (κ1) is 19.7. The molecule has 6 nitrogen and oxygen atoms in total. The van der Waals surface area contributed by atoms with Gasteiger partial charge in [-0.2, -0.15) is 5.10 Å².